The second-order valence-corrected chi connectivity index (χ2v) is 7.32. The van der Waals surface area contributed by atoms with Crippen molar-refractivity contribution in [2.24, 2.45) is 5.14 Å². The zero-order valence-electron chi connectivity index (χ0n) is 15.1. The second kappa shape index (κ2) is 8.12. The van der Waals surface area contributed by atoms with Crippen LogP contribution in [0.3, 0.4) is 0 Å². The molecule has 0 saturated carbocycles. The number of amides is 2. The number of sulfonamides is 1. The van der Waals surface area contributed by atoms with Gasteiger partial charge < -0.3 is 19.8 Å². The molecule has 0 aliphatic carbocycles. The van der Waals surface area contributed by atoms with Gasteiger partial charge in [0.2, 0.25) is 10.0 Å². The molecule has 150 valence electrons. The third-order valence-corrected chi connectivity index (χ3v) is 4.69. The van der Waals surface area contributed by atoms with E-state index in [0.29, 0.717) is 22.8 Å². The van der Waals surface area contributed by atoms with E-state index in [1.165, 1.54) is 44.0 Å². The summed E-state index contributed by atoms with van der Waals surface area (Å²) in [6.07, 6.45) is 2.79. The zero-order valence-corrected chi connectivity index (χ0v) is 15.9. The lowest BCUT2D eigenvalue weighted by Crippen LogP contribution is -2.29. The number of benzene rings is 2. The number of nitrogens with one attached hydrogen (secondary N) is 2. The SMILES string of the molecule is COc1cc(NC(=O)C(=O)Nc2cccc(S(N)(=O)=O)c2)ccc1-c1cnco1. The van der Waals surface area contributed by atoms with Gasteiger partial charge in [0.25, 0.3) is 0 Å². The molecule has 10 nitrogen and oxygen atoms in total. The topological polar surface area (TPSA) is 154 Å². The molecule has 11 heteroatoms. The number of primary sulfonamides is 1. The molecule has 0 fully saturated rings. The summed E-state index contributed by atoms with van der Waals surface area (Å²) in [5, 5.41) is 9.80. The highest BCUT2D eigenvalue weighted by molar-refractivity contribution is 7.89. The van der Waals surface area contributed by atoms with E-state index in [2.05, 4.69) is 15.6 Å². The van der Waals surface area contributed by atoms with E-state index in [1.807, 2.05) is 0 Å². The smallest absolute Gasteiger partial charge is 0.314 e. The van der Waals surface area contributed by atoms with Crippen molar-refractivity contribution < 1.29 is 27.2 Å². The van der Waals surface area contributed by atoms with E-state index >= 15 is 0 Å². The van der Waals surface area contributed by atoms with E-state index in [4.69, 9.17) is 14.3 Å². The molecule has 3 rings (SSSR count). The summed E-state index contributed by atoms with van der Waals surface area (Å²) < 4.78 is 33.3. The van der Waals surface area contributed by atoms with Gasteiger partial charge in [-0.05, 0) is 30.3 Å². The normalized spacial score (nSPS) is 11.0. The number of oxazole rings is 1. The molecule has 29 heavy (non-hydrogen) atoms. The number of methoxy groups -OCH3 is 1. The van der Waals surface area contributed by atoms with Crippen LogP contribution >= 0.6 is 0 Å². The van der Waals surface area contributed by atoms with Gasteiger partial charge in [0.1, 0.15) is 5.75 Å². The fraction of sp³-hybridized carbons (Fsp3) is 0.0556. The molecule has 0 saturated heterocycles. The first-order valence-electron chi connectivity index (χ1n) is 8.10. The monoisotopic (exact) mass is 416 g/mol. The van der Waals surface area contributed by atoms with Gasteiger partial charge >= 0.3 is 11.8 Å². The standard InChI is InChI=1S/C18H16N4O6S/c1-27-15-8-12(5-6-14(15)16-9-20-10-28-16)22-18(24)17(23)21-11-3-2-4-13(7-11)29(19,25)26/h2-10H,1H3,(H,21,23)(H,22,24)(H2,19,25,26). The number of nitrogens with two attached hydrogens (primary N) is 1. The average Bonchev–Trinajstić information content (AvgIpc) is 3.22. The van der Waals surface area contributed by atoms with Crippen molar-refractivity contribution in [2.45, 2.75) is 4.90 Å². The average molecular weight is 416 g/mol. The van der Waals surface area contributed by atoms with Gasteiger partial charge in [-0.3, -0.25) is 9.59 Å². The van der Waals surface area contributed by atoms with E-state index in [1.54, 1.807) is 12.1 Å². The molecule has 2 amide bonds. The first kappa shape index (κ1) is 20.0. The molecule has 0 aliphatic heterocycles. The number of aromatic nitrogens is 1. The lowest BCUT2D eigenvalue weighted by atomic mass is 10.1. The quantitative estimate of drug-likeness (QED) is 0.534. The van der Waals surface area contributed by atoms with Crippen molar-refractivity contribution in [1.82, 2.24) is 4.98 Å². The number of ether oxygens (including phenoxy) is 1. The first-order chi connectivity index (χ1) is 13.8. The molecular weight excluding hydrogens is 400 g/mol. The van der Waals surface area contributed by atoms with Crippen molar-refractivity contribution in [3.8, 4) is 17.1 Å². The van der Waals surface area contributed by atoms with Crippen molar-refractivity contribution in [3.63, 3.8) is 0 Å². The molecule has 0 spiro atoms. The van der Waals surface area contributed by atoms with Crippen LogP contribution in [0.1, 0.15) is 0 Å². The lowest BCUT2D eigenvalue weighted by molar-refractivity contribution is -0.133. The van der Waals surface area contributed by atoms with Crippen LogP contribution in [0.4, 0.5) is 11.4 Å². The number of nitrogens with zero attached hydrogens (tertiary/aromatic N) is 1. The van der Waals surface area contributed by atoms with Crippen molar-refractivity contribution in [1.29, 1.82) is 0 Å². The Balaban J connectivity index is 1.72. The fourth-order valence-corrected chi connectivity index (χ4v) is 3.01. The summed E-state index contributed by atoms with van der Waals surface area (Å²) in [4.78, 5) is 28.0. The predicted molar refractivity (Wildman–Crippen MR) is 104 cm³/mol. The maximum Gasteiger partial charge on any atom is 0.314 e. The molecule has 3 aromatic rings. The maximum absolute atomic E-state index is 12.2. The second-order valence-electron chi connectivity index (χ2n) is 5.76. The minimum atomic E-state index is -3.94. The van der Waals surface area contributed by atoms with E-state index < -0.39 is 21.8 Å². The molecule has 0 unspecified atom stereocenters. The van der Waals surface area contributed by atoms with E-state index in [-0.39, 0.29) is 10.6 Å². The Morgan fingerprint density at radius 1 is 1.07 bits per heavy atom. The van der Waals surface area contributed by atoms with E-state index in [0.717, 1.165) is 6.07 Å². The summed E-state index contributed by atoms with van der Waals surface area (Å²) >= 11 is 0. The first-order valence-corrected chi connectivity index (χ1v) is 9.64. The van der Waals surface area contributed by atoms with Crippen LogP contribution in [-0.2, 0) is 19.6 Å². The summed E-state index contributed by atoms with van der Waals surface area (Å²) in [6.45, 7) is 0. The largest absolute Gasteiger partial charge is 0.496 e. The van der Waals surface area contributed by atoms with Gasteiger partial charge in [0.05, 0.1) is 23.8 Å². The van der Waals surface area contributed by atoms with Crippen LogP contribution in [0.5, 0.6) is 5.75 Å². The molecular formula is C18H16N4O6S. The number of hydrogen-bond acceptors (Lipinski definition) is 7. The third kappa shape index (κ3) is 4.78. The highest BCUT2D eigenvalue weighted by atomic mass is 32.2. The van der Waals surface area contributed by atoms with Gasteiger partial charge in [-0.2, -0.15) is 0 Å². The number of carbonyl (C=O) groups is 2. The number of hydrogen-bond donors (Lipinski definition) is 3. The van der Waals surface area contributed by atoms with Gasteiger partial charge in [-0.25, -0.2) is 18.5 Å². The van der Waals surface area contributed by atoms with Crippen LogP contribution in [0.25, 0.3) is 11.3 Å². The van der Waals surface area contributed by atoms with E-state index in [9.17, 15) is 18.0 Å². The third-order valence-electron chi connectivity index (χ3n) is 3.78. The van der Waals surface area contributed by atoms with Gasteiger partial charge in [0, 0.05) is 17.4 Å². The Labute approximate surface area is 165 Å². The fourth-order valence-electron chi connectivity index (χ4n) is 2.45. The molecule has 0 bridgehead atoms. The highest BCUT2D eigenvalue weighted by Crippen LogP contribution is 2.32. The van der Waals surface area contributed by atoms with Crippen LogP contribution < -0.4 is 20.5 Å². The minimum Gasteiger partial charge on any atom is -0.496 e. The van der Waals surface area contributed by atoms with Gasteiger partial charge in [0.15, 0.2) is 12.2 Å². The summed E-state index contributed by atoms with van der Waals surface area (Å²) in [5.74, 6) is -1.07. The summed E-state index contributed by atoms with van der Waals surface area (Å²) in [7, 11) is -2.49. The Hall–Kier alpha value is -3.70. The van der Waals surface area contributed by atoms with Gasteiger partial charge in [-0.15, -0.1) is 0 Å². The Morgan fingerprint density at radius 2 is 1.76 bits per heavy atom. The predicted octanol–water partition coefficient (Wildman–Crippen LogP) is 1.57. The van der Waals surface area contributed by atoms with Crippen LogP contribution in [0.15, 0.2) is 64.4 Å². The number of rotatable bonds is 5. The highest BCUT2D eigenvalue weighted by Gasteiger charge is 2.17. The number of anilines is 2. The van der Waals surface area contributed by atoms with Crippen LogP contribution in [0.2, 0.25) is 0 Å². The minimum absolute atomic E-state index is 0.106. The zero-order chi connectivity index (χ0) is 21.0. The molecule has 1 heterocycles. The number of carbonyl (C=O) groups excluding carboxylic acids is 2. The van der Waals surface area contributed by atoms with Crippen molar-refractivity contribution in [3.05, 3.63) is 55.1 Å². The molecule has 0 atom stereocenters. The van der Waals surface area contributed by atoms with Crippen molar-refractivity contribution in [2.75, 3.05) is 17.7 Å². The molecule has 1 aromatic heterocycles. The van der Waals surface area contributed by atoms with Gasteiger partial charge in [-0.1, -0.05) is 6.07 Å². The lowest BCUT2D eigenvalue weighted by Gasteiger charge is -2.10. The molecule has 0 aliphatic rings. The molecule has 4 N–H and O–H groups in total. The Morgan fingerprint density at radius 3 is 2.34 bits per heavy atom. The van der Waals surface area contributed by atoms with Crippen LogP contribution in [0, 0.1) is 0 Å². The molecule has 2 aromatic carbocycles. The van der Waals surface area contributed by atoms with Crippen LogP contribution in [-0.4, -0.2) is 32.3 Å². The molecule has 0 radical (unpaired) electrons. The Kier molecular flexibility index (Phi) is 5.61. The van der Waals surface area contributed by atoms with Crippen molar-refractivity contribution >= 4 is 33.2 Å². The summed E-state index contributed by atoms with van der Waals surface area (Å²) in [6, 6.07) is 9.96. The summed E-state index contributed by atoms with van der Waals surface area (Å²) in [5.41, 5.74) is 1.03. The maximum atomic E-state index is 12.2. The Bertz CT molecular complexity index is 1160.